The van der Waals surface area contributed by atoms with Gasteiger partial charge < -0.3 is 19.1 Å². The molecule has 1 aromatic rings. The minimum atomic E-state index is -0.0496. The van der Waals surface area contributed by atoms with E-state index < -0.39 is 0 Å². The standard InChI is InChI=1S/C26H36N2O4/c1-17-6-5-9-25(2)15-21-22(23-26(17,25)32-23)20(24(29)31-21)16-27-10-12-28(13-11-27)18-7-4-8-19(14-18)30-3/h4,7-8,14,17,20-23H,5-6,9-13,15-16H2,1-3H3/t17-,20+,21+,22+,23-,25+,26-/m0/s1. The molecule has 174 valence electrons. The van der Waals surface area contributed by atoms with Gasteiger partial charge in [0.25, 0.3) is 0 Å². The summed E-state index contributed by atoms with van der Waals surface area (Å²) < 4.78 is 18.0. The van der Waals surface area contributed by atoms with Crippen molar-refractivity contribution in [2.75, 3.05) is 44.7 Å². The minimum Gasteiger partial charge on any atom is -0.497 e. The van der Waals surface area contributed by atoms with Gasteiger partial charge in [0.05, 0.1) is 19.1 Å². The summed E-state index contributed by atoms with van der Waals surface area (Å²) in [6.45, 7) is 9.39. The Balaban J connectivity index is 1.13. The van der Waals surface area contributed by atoms with Gasteiger partial charge >= 0.3 is 5.97 Å². The molecule has 0 aromatic heterocycles. The number of hydrogen-bond donors (Lipinski definition) is 0. The number of methoxy groups -OCH3 is 1. The van der Waals surface area contributed by atoms with Gasteiger partial charge in [-0.3, -0.25) is 9.69 Å². The van der Waals surface area contributed by atoms with E-state index >= 15 is 0 Å². The average molecular weight is 441 g/mol. The third-order valence-electron chi connectivity index (χ3n) is 9.44. The van der Waals surface area contributed by atoms with Gasteiger partial charge in [-0.15, -0.1) is 0 Å². The van der Waals surface area contributed by atoms with Crippen LogP contribution in [0.5, 0.6) is 5.75 Å². The van der Waals surface area contributed by atoms with E-state index in [1.54, 1.807) is 7.11 Å². The Hall–Kier alpha value is -1.79. The van der Waals surface area contributed by atoms with Crippen molar-refractivity contribution in [1.29, 1.82) is 0 Å². The highest BCUT2D eigenvalue weighted by molar-refractivity contribution is 5.76. The lowest BCUT2D eigenvalue weighted by molar-refractivity contribution is -0.146. The lowest BCUT2D eigenvalue weighted by Gasteiger charge is -2.49. The van der Waals surface area contributed by atoms with Crippen molar-refractivity contribution in [3.8, 4) is 5.75 Å². The third-order valence-corrected chi connectivity index (χ3v) is 9.44. The number of epoxide rings is 1. The molecule has 5 fully saturated rings. The monoisotopic (exact) mass is 440 g/mol. The van der Waals surface area contributed by atoms with Gasteiger partial charge in [-0.2, -0.15) is 0 Å². The summed E-state index contributed by atoms with van der Waals surface area (Å²) in [5, 5.41) is 0. The largest absolute Gasteiger partial charge is 0.497 e. The van der Waals surface area contributed by atoms with Crippen molar-refractivity contribution in [2.24, 2.45) is 23.2 Å². The fourth-order valence-electron chi connectivity index (χ4n) is 7.72. The number of nitrogens with zero attached hydrogens (tertiary/aromatic N) is 2. The van der Waals surface area contributed by atoms with Crippen LogP contribution >= 0.6 is 0 Å². The molecule has 0 N–H and O–H groups in total. The summed E-state index contributed by atoms with van der Waals surface area (Å²) in [6.07, 6.45) is 4.94. The zero-order valence-corrected chi connectivity index (χ0v) is 19.6. The molecule has 3 saturated heterocycles. The minimum absolute atomic E-state index is 0.00998. The van der Waals surface area contributed by atoms with Crippen molar-refractivity contribution in [3.05, 3.63) is 24.3 Å². The molecule has 7 atom stereocenters. The van der Waals surface area contributed by atoms with E-state index in [0.717, 1.165) is 44.9 Å². The topological polar surface area (TPSA) is 54.5 Å². The normalized spacial score (nSPS) is 43.2. The van der Waals surface area contributed by atoms with Crippen molar-refractivity contribution in [1.82, 2.24) is 4.90 Å². The third kappa shape index (κ3) is 2.95. The van der Waals surface area contributed by atoms with Crippen LogP contribution in [0.15, 0.2) is 24.3 Å². The van der Waals surface area contributed by atoms with Crippen molar-refractivity contribution in [2.45, 2.75) is 57.3 Å². The molecule has 3 aliphatic heterocycles. The van der Waals surface area contributed by atoms with E-state index in [2.05, 4.69) is 35.8 Å². The summed E-state index contributed by atoms with van der Waals surface area (Å²) in [4.78, 5) is 17.9. The quantitative estimate of drug-likeness (QED) is 0.529. The average Bonchev–Trinajstić information content (AvgIpc) is 3.48. The molecule has 0 bridgehead atoms. The zero-order valence-electron chi connectivity index (χ0n) is 19.6. The summed E-state index contributed by atoms with van der Waals surface area (Å²) in [5.74, 6) is 1.66. The highest BCUT2D eigenvalue weighted by Crippen LogP contribution is 2.70. The first kappa shape index (κ1) is 20.8. The number of carbonyl (C=O) groups is 1. The van der Waals surface area contributed by atoms with E-state index in [0.29, 0.717) is 5.92 Å². The van der Waals surface area contributed by atoms with E-state index in [4.69, 9.17) is 14.2 Å². The van der Waals surface area contributed by atoms with Gasteiger partial charge in [-0.1, -0.05) is 26.3 Å². The zero-order chi connectivity index (χ0) is 22.1. The van der Waals surface area contributed by atoms with Crippen molar-refractivity contribution < 1.29 is 19.0 Å². The van der Waals surface area contributed by atoms with Crippen LogP contribution in [-0.4, -0.2) is 68.5 Å². The van der Waals surface area contributed by atoms with Crippen molar-refractivity contribution >= 4 is 11.7 Å². The highest BCUT2D eigenvalue weighted by Gasteiger charge is 2.78. The number of carbonyl (C=O) groups excluding carboxylic acids is 1. The summed E-state index contributed by atoms with van der Waals surface area (Å²) >= 11 is 0. The Labute approximate surface area is 191 Å². The predicted molar refractivity (Wildman–Crippen MR) is 122 cm³/mol. The second-order valence-electron chi connectivity index (χ2n) is 11.0. The van der Waals surface area contributed by atoms with Gasteiger partial charge in [-0.05, 0) is 37.3 Å². The van der Waals surface area contributed by atoms with Crippen molar-refractivity contribution in [3.63, 3.8) is 0 Å². The van der Waals surface area contributed by atoms with E-state index in [-0.39, 0.29) is 41.0 Å². The molecule has 6 heteroatoms. The van der Waals surface area contributed by atoms with Crippen LogP contribution in [0.2, 0.25) is 0 Å². The molecule has 32 heavy (non-hydrogen) atoms. The molecular weight excluding hydrogens is 404 g/mol. The lowest BCUT2D eigenvalue weighted by atomic mass is 9.53. The number of fused-ring (bicyclic) bond motifs is 2. The molecule has 2 aliphatic carbocycles. The first-order valence-electron chi connectivity index (χ1n) is 12.4. The van der Waals surface area contributed by atoms with Crippen LogP contribution in [0.25, 0.3) is 0 Å². The first-order valence-corrected chi connectivity index (χ1v) is 12.4. The summed E-state index contributed by atoms with van der Waals surface area (Å²) in [7, 11) is 1.71. The van der Waals surface area contributed by atoms with Crippen LogP contribution in [0.4, 0.5) is 5.69 Å². The van der Waals surface area contributed by atoms with Gasteiger partial charge in [0.1, 0.15) is 17.5 Å². The number of benzene rings is 1. The van der Waals surface area contributed by atoms with Gasteiger partial charge in [-0.25, -0.2) is 0 Å². The van der Waals surface area contributed by atoms with Gasteiger partial charge in [0.15, 0.2) is 0 Å². The molecule has 1 aromatic carbocycles. The SMILES string of the molecule is COc1cccc(N2CCN(C[C@H]3C(=O)O[C@@H]4C[C@@]5(C)CCC[C@H](C)[C@@]56O[C@H]6[C@@H]43)CC2)c1. The van der Waals surface area contributed by atoms with Crippen LogP contribution in [0.1, 0.15) is 39.5 Å². The molecule has 0 amide bonds. The maximum Gasteiger partial charge on any atom is 0.311 e. The predicted octanol–water partition coefficient (Wildman–Crippen LogP) is 3.34. The molecule has 0 radical (unpaired) electrons. The molecule has 6 rings (SSSR count). The molecule has 5 aliphatic rings. The van der Waals surface area contributed by atoms with Crippen LogP contribution in [0.3, 0.4) is 0 Å². The maximum atomic E-state index is 13.0. The summed E-state index contributed by atoms with van der Waals surface area (Å²) in [5.41, 5.74) is 1.35. The maximum absolute atomic E-state index is 13.0. The number of anilines is 1. The second kappa shape index (κ2) is 7.36. The summed E-state index contributed by atoms with van der Waals surface area (Å²) in [6, 6.07) is 8.27. The Morgan fingerprint density at radius 3 is 2.81 bits per heavy atom. The fraction of sp³-hybridized carbons (Fsp3) is 0.731. The van der Waals surface area contributed by atoms with E-state index in [9.17, 15) is 4.79 Å². The van der Waals surface area contributed by atoms with E-state index in [1.165, 1.54) is 24.9 Å². The fourth-order valence-corrected chi connectivity index (χ4v) is 7.72. The van der Waals surface area contributed by atoms with Gasteiger partial charge in [0, 0.05) is 55.8 Å². The number of hydrogen-bond acceptors (Lipinski definition) is 6. The molecule has 0 unspecified atom stereocenters. The van der Waals surface area contributed by atoms with Crippen LogP contribution in [0, 0.1) is 23.2 Å². The van der Waals surface area contributed by atoms with Crippen LogP contribution < -0.4 is 9.64 Å². The number of piperazine rings is 1. The Morgan fingerprint density at radius 1 is 1.22 bits per heavy atom. The Morgan fingerprint density at radius 2 is 2.03 bits per heavy atom. The number of esters is 1. The Bertz CT molecular complexity index is 900. The van der Waals surface area contributed by atoms with Crippen LogP contribution in [-0.2, 0) is 14.3 Å². The Kier molecular flexibility index (Phi) is 4.78. The van der Waals surface area contributed by atoms with E-state index in [1.807, 2.05) is 12.1 Å². The smallest absolute Gasteiger partial charge is 0.311 e. The molecule has 3 heterocycles. The molecule has 2 saturated carbocycles. The molecule has 1 spiro atoms. The number of ether oxygens (including phenoxy) is 3. The first-order chi connectivity index (χ1) is 15.4. The highest BCUT2D eigenvalue weighted by atomic mass is 16.6. The molecular formula is C26H36N2O4. The molecule has 6 nitrogen and oxygen atoms in total. The number of rotatable bonds is 4. The lowest BCUT2D eigenvalue weighted by Crippen LogP contribution is -2.55. The second-order valence-corrected chi connectivity index (χ2v) is 11.0. The van der Waals surface area contributed by atoms with Gasteiger partial charge in [0.2, 0.25) is 0 Å².